The predicted molar refractivity (Wildman–Crippen MR) is 91.9 cm³/mol. The van der Waals surface area contributed by atoms with E-state index < -0.39 is 21.2 Å². The second kappa shape index (κ2) is 6.54. The quantitative estimate of drug-likeness (QED) is 0.617. The molecule has 0 fully saturated rings. The standard InChI is InChI=1S/C16H14BrNO5S/c1-22-11-7-8-13-12(9-11)15(18-24(20,21)23-13)14(17)16(19)10-5-3-2-4-6-10/h2-9,14-15,18H,1H3/t14-,15+/m0/s1. The second-order valence-corrected chi connectivity index (χ2v) is 7.47. The van der Waals surface area contributed by atoms with Crippen LogP contribution in [0.2, 0.25) is 0 Å². The van der Waals surface area contributed by atoms with Crippen LogP contribution >= 0.6 is 15.9 Å². The maximum absolute atomic E-state index is 12.7. The van der Waals surface area contributed by atoms with Gasteiger partial charge in [0, 0.05) is 11.1 Å². The molecule has 0 spiro atoms. The molecule has 1 heterocycles. The Kier molecular flexibility index (Phi) is 4.62. The van der Waals surface area contributed by atoms with E-state index >= 15 is 0 Å². The highest BCUT2D eigenvalue weighted by atomic mass is 79.9. The summed E-state index contributed by atoms with van der Waals surface area (Å²) in [6.45, 7) is 0. The Morgan fingerprint density at radius 2 is 1.96 bits per heavy atom. The summed E-state index contributed by atoms with van der Waals surface area (Å²) >= 11 is 3.34. The average Bonchev–Trinajstić information content (AvgIpc) is 2.59. The van der Waals surface area contributed by atoms with Crippen LogP contribution in [0, 0.1) is 0 Å². The molecule has 24 heavy (non-hydrogen) atoms. The maximum atomic E-state index is 12.7. The Bertz CT molecular complexity index is 869. The largest absolute Gasteiger partial charge is 0.497 e. The van der Waals surface area contributed by atoms with Crippen molar-refractivity contribution in [2.45, 2.75) is 10.9 Å². The van der Waals surface area contributed by atoms with Gasteiger partial charge >= 0.3 is 10.3 Å². The van der Waals surface area contributed by atoms with E-state index in [0.717, 1.165) is 0 Å². The van der Waals surface area contributed by atoms with Gasteiger partial charge in [0.2, 0.25) is 0 Å². The van der Waals surface area contributed by atoms with Crippen LogP contribution in [0.4, 0.5) is 0 Å². The van der Waals surface area contributed by atoms with Crippen molar-refractivity contribution >= 4 is 32.0 Å². The number of carbonyl (C=O) groups excluding carboxylic acids is 1. The Balaban J connectivity index is 2.02. The van der Waals surface area contributed by atoms with Gasteiger partial charge in [0.05, 0.1) is 18.0 Å². The number of nitrogens with one attached hydrogen (secondary N) is 1. The number of fused-ring (bicyclic) bond motifs is 1. The first-order valence-corrected chi connectivity index (χ1v) is 9.36. The van der Waals surface area contributed by atoms with E-state index in [1.54, 1.807) is 42.5 Å². The minimum absolute atomic E-state index is 0.171. The van der Waals surface area contributed by atoms with Gasteiger partial charge in [-0.15, -0.1) is 0 Å². The molecule has 2 aromatic carbocycles. The second-order valence-electron chi connectivity index (χ2n) is 5.17. The van der Waals surface area contributed by atoms with Crippen LogP contribution in [0.1, 0.15) is 22.0 Å². The number of alkyl halides is 1. The first-order chi connectivity index (χ1) is 11.4. The number of hydrogen-bond donors (Lipinski definition) is 1. The topological polar surface area (TPSA) is 81.7 Å². The van der Waals surface area contributed by atoms with Crippen LogP contribution in [0.5, 0.6) is 11.5 Å². The van der Waals surface area contributed by atoms with Crippen molar-refractivity contribution in [2.24, 2.45) is 0 Å². The van der Waals surface area contributed by atoms with Gasteiger partial charge < -0.3 is 8.92 Å². The summed E-state index contributed by atoms with van der Waals surface area (Å²) < 4.78 is 36.4. The van der Waals surface area contributed by atoms with Gasteiger partial charge in [-0.05, 0) is 18.2 Å². The molecule has 8 heteroatoms. The van der Waals surface area contributed by atoms with E-state index in [1.807, 2.05) is 0 Å². The highest BCUT2D eigenvalue weighted by Gasteiger charge is 2.38. The third-order valence-corrected chi connectivity index (χ3v) is 5.51. The molecule has 126 valence electrons. The molecule has 0 radical (unpaired) electrons. The molecule has 0 unspecified atom stereocenters. The van der Waals surface area contributed by atoms with Crippen molar-refractivity contribution in [3.8, 4) is 11.5 Å². The van der Waals surface area contributed by atoms with E-state index in [2.05, 4.69) is 20.7 Å². The number of ether oxygens (including phenoxy) is 1. The minimum Gasteiger partial charge on any atom is -0.497 e. The van der Waals surface area contributed by atoms with Crippen molar-refractivity contribution in [2.75, 3.05) is 7.11 Å². The number of benzene rings is 2. The molecule has 1 aliphatic heterocycles. The molecule has 0 saturated carbocycles. The molecule has 6 nitrogen and oxygen atoms in total. The first-order valence-electron chi connectivity index (χ1n) is 7.04. The number of Topliss-reactive ketones (excluding diaryl/α,β-unsaturated/α-hetero) is 1. The third kappa shape index (κ3) is 3.31. The number of methoxy groups -OCH3 is 1. The van der Waals surface area contributed by atoms with Crippen LogP contribution in [-0.4, -0.2) is 26.1 Å². The molecular formula is C16H14BrNO5S. The van der Waals surface area contributed by atoms with Crippen molar-refractivity contribution in [3.63, 3.8) is 0 Å². The van der Waals surface area contributed by atoms with Gasteiger partial charge in [-0.3, -0.25) is 4.79 Å². The summed E-state index contributed by atoms with van der Waals surface area (Å²) in [5.41, 5.74) is 1.00. The lowest BCUT2D eigenvalue weighted by molar-refractivity contribution is 0.0981. The molecule has 0 saturated heterocycles. The van der Waals surface area contributed by atoms with E-state index in [1.165, 1.54) is 13.2 Å². The van der Waals surface area contributed by atoms with E-state index in [-0.39, 0.29) is 11.5 Å². The Morgan fingerprint density at radius 1 is 1.25 bits per heavy atom. The molecule has 2 aromatic rings. The van der Waals surface area contributed by atoms with Crippen LogP contribution in [-0.2, 0) is 10.3 Å². The lowest BCUT2D eigenvalue weighted by Crippen LogP contribution is -2.42. The van der Waals surface area contributed by atoms with Gasteiger partial charge in [0.1, 0.15) is 11.5 Å². The lowest BCUT2D eigenvalue weighted by Gasteiger charge is -2.29. The predicted octanol–water partition coefficient (Wildman–Crippen LogP) is 2.61. The maximum Gasteiger partial charge on any atom is 0.383 e. The highest BCUT2D eigenvalue weighted by Crippen LogP contribution is 2.38. The molecule has 0 aliphatic carbocycles. The zero-order valence-corrected chi connectivity index (χ0v) is 15.0. The number of ketones is 1. The van der Waals surface area contributed by atoms with Gasteiger partial charge in [0.25, 0.3) is 0 Å². The Labute approximate surface area is 148 Å². The molecule has 0 amide bonds. The fourth-order valence-electron chi connectivity index (χ4n) is 2.46. The van der Waals surface area contributed by atoms with E-state index in [4.69, 9.17) is 8.92 Å². The Hall–Kier alpha value is -1.90. The smallest absolute Gasteiger partial charge is 0.383 e. The normalized spacial score (nSPS) is 19.7. The summed E-state index contributed by atoms with van der Waals surface area (Å²) in [5, 5.41) is 0. The van der Waals surface area contributed by atoms with Crippen LogP contribution in [0.15, 0.2) is 48.5 Å². The van der Waals surface area contributed by atoms with Crippen molar-refractivity contribution < 1.29 is 22.1 Å². The van der Waals surface area contributed by atoms with Crippen LogP contribution < -0.4 is 13.6 Å². The van der Waals surface area contributed by atoms with Crippen LogP contribution in [0.3, 0.4) is 0 Å². The summed E-state index contributed by atoms with van der Waals surface area (Å²) in [7, 11) is -2.49. The summed E-state index contributed by atoms with van der Waals surface area (Å²) in [6.07, 6.45) is 0. The third-order valence-electron chi connectivity index (χ3n) is 3.62. The van der Waals surface area contributed by atoms with Gasteiger partial charge in [-0.1, -0.05) is 46.3 Å². The monoisotopic (exact) mass is 411 g/mol. The fourth-order valence-corrected chi connectivity index (χ4v) is 4.33. The Morgan fingerprint density at radius 3 is 2.62 bits per heavy atom. The number of halogens is 1. The summed E-state index contributed by atoms with van der Waals surface area (Å²) in [6, 6.07) is 12.6. The van der Waals surface area contributed by atoms with E-state index in [0.29, 0.717) is 16.9 Å². The van der Waals surface area contributed by atoms with Crippen molar-refractivity contribution in [1.82, 2.24) is 4.72 Å². The molecule has 0 bridgehead atoms. The molecule has 0 aromatic heterocycles. The fraction of sp³-hybridized carbons (Fsp3) is 0.188. The zero-order chi connectivity index (χ0) is 17.3. The van der Waals surface area contributed by atoms with Crippen molar-refractivity contribution in [1.29, 1.82) is 0 Å². The summed E-state index contributed by atoms with van der Waals surface area (Å²) in [5.74, 6) is 0.471. The number of carbonyl (C=O) groups is 1. The van der Waals surface area contributed by atoms with Gasteiger partial charge in [-0.2, -0.15) is 13.1 Å². The first kappa shape index (κ1) is 16.9. The van der Waals surface area contributed by atoms with Gasteiger partial charge in [0.15, 0.2) is 5.78 Å². The molecule has 3 rings (SSSR count). The van der Waals surface area contributed by atoms with Gasteiger partial charge in [-0.25, -0.2) is 0 Å². The molecule has 1 N–H and O–H groups in total. The van der Waals surface area contributed by atoms with Crippen molar-refractivity contribution in [3.05, 3.63) is 59.7 Å². The molecular weight excluding hydrogens is 398 g/mol. The number of hydrogen-bond acceptors (Lipinski definition) is 5. The molecule has 1 aliphatic rings. The highest BCUT2D eigenvalue weighted by molar-refractivity contribution is 9.10. The van der Waals surface area contributed by atoms with Crippen LogP contribution in [0.25, 0.3) is 0 Å². The zero-order valence-electron chi connectivity index (χ0n) is 12.6. The molecule has 2 atom stereocenters. The average molecular weight is 412 g/mol. The summed E-state index contributed by atoms with van der Waals surface area (Å²) in [4.78, 5) is 11.9. The van der Waals surface area contributed by atoms with E-state index in [9.17, 15) is 13.2 Å². The minimum atomic E-state index is -4.00. The number of rotatable bonds is 4. The SMILES string of the molecule is COc1ccc2c(c1)[C@H]([C@H](Br)C(=O)c1ccccc1)NS(=O)(=O)O2. The lowest BCUT2D eigenvalue weighted by atomic mass is 9.97.